The Morgan fingerprint density at radius 3 is 2.72 bits per heavy atom. The van der Waals surface area contributed by atoms with Crippen LogP contribution in [0.1, 0.15) is 45.5 Å². The molecule has 0 spiro atoms. The quantitative estimate of drug-likeness (QED) is 0.380. The molecule has 0 atom stereocenters. The van der Waals surface area contributed by atoms with Gasteiger partial charge in [-0.15, -0.1) is 0 Å². The maximum atomic E-state index is 13.0. The Morgan fingerprint density at radius 2 is 1.90 bits per heavy atom. The molecule has 0 fully saturated rings. The van der Waals surface area contributed by atoms with Crippen LogP contribution in [0.2, 0.25) is 0 Å². The predicted molar refractivity (Wildman–Crippen MR) is 115 cm³/mol. The minimum atomic E-state index is -0.139. The average Bonchev–Trinajstić information content (AvgIpc) is 3.06. The fourth-order valence-corrected chi connectivity index (χ4v) is 4.63. The van der Waals surface area contributed by atoms with Gasteiger partial charge in [-0.1, -0.05) is 24.3 Å². The SMILES string of the molecule is CN(C)CCCCc1cc2ccccc2c2c3c4c(cncn4c12)C(=O)CC3=O. The molecule has 5 rings (SSSR count). The van der Waals surface area contributed by atoms with Gasteiger partial charge in [0.25, 0.3) is 0 Å². The number of carbonyl (C=O) groups excluding carboxylic acids is 2. The molecule has 1 aliphatic carbocycles. The van der Waals surface area contributed by atoms with E-state index in [4.69, 9.17) is 0 Å². The highest BCUT2D eigenvalue weighted by Crippen LogP contribution is 2.39. The number of Topliss-reactive ketones (excluding diaryl/α,β-unsaturated/α-hetero) is 2. The van der Waals surface area contributed by atoms with Crippen LogP contribution in [0.25, 0.3) is 27.2 Å². The van der Waals surface area contributed by atoms with Gasteiger partial charge < -0.3 is 4.90 Å². The number of aryl methyl sites for hydroxylation is 1. The molecule has 1 aliphatic rings. The van der Waals surface area contributed by atoms with Crippen molar-refractivity contribution in [1.82, 2.24) is 14.3 Å². The van der Waals surface area contributed by atoms with E-state index in [-0.39, 0.29) is 18.0 Å². The third kappa shape index (κ3) is 2.76. The largest absolute Gasteiger partial charge is 0.309 e. The molecule has 0 unspecified atom stereocenters. The zero-order valence-corrected chi connectivity index (χ0v) is 16.7. The molecule has 29 heavy (non-hydrogen) atoms. The Kier molecular flexibility index (Phi) is 4.21. The number of unbranched alkanes of at least 4 members (excludes halogenated alkanes) is 1. The molecule has 5 nitrogen and oxygen atoms in total. The average molecular weight is 385 g/mol. The number of nitrogens with zero attached hydrogens (tertiary/aromatic N) is 3. The lowest BCUT2D eigenvalue weighted by Gasteiger charge is -2.11. The number of carbonyl (C=O) groups is 2. The van der Waals surface area contributed by atoms with E-state index in [1.165, 1.54) is 5.56 Å². The van der Waals surface area contributed by atoms with Gasteiger partial charge in [0.1, 0.15) is 0 Å². The van der Waals surface area contributed by atoms with Crippen molar-refractivity contribution >= 4 is 38.8 Å². The summed E-state index contributed by atoms with van der Waals surface area (Å²) in [5.74, 6) is -0.226. The van der Waals surface area contributed by atoms with Crippen molar-refractivity contribution in [3.63, 3.8) is 0 Å². The van der Waals surface area contributed by atoms with Gasteiger partial charge in [-0.25, -0.2) is 4.98 Å². The Bertz CT molecular complexity index is 1300. The van der Waals surface area contributed by atoms with Gasteiger partial charge in [-0.3, -0.25) is 14.0 Å². The van der Waals surface area contributed by atoms with Crippen LogP contribution in [-0.2, 0) is 6.42 Å². The monoisotopic (exact) mass is 385 g/mol. The molecule has 2 aromatic heterocycles. The van der Waals surface area contributed by atoms with E-state index in [1.807, 2.05) is 16.5 Å². The molecule has 5 heteroatoms. The van der Waals surface area contributed by atoms with Crippen molar-refractivity contribution in [3.8, 4) is 0 Å². The fourth-order valence-electron chi connectivity index (χ4n) is 4.63. The Labute approximate surface area is 168 Å². The first kappa shape index (κ1) is 18.0. The van der Waals surface area contributed by atoms with Gasteiger partial charge >= 0.3 is 0 Å². The van der Waals surface area contributed by atoms with Crippen LogP contribution in [-0.4, -0.2) is 46.5 Å². The van der Waals surface area contributed by atoms with E-state index in [9.17, 15) is 9.59 Å². The smallest absolute Gasteiger partial charge is 0.174 e. The third-order valence-electron chi connectivity index (χ3n) is 5.91. The Morgan fingerprint density at radius 1 is 1.07 bits per heavy atom. The first-order chi connectivity index (χ1) is 14.1. The number of ketones is 2. The van der Waals surface area contributed by atoms with E-state index in [1.54, 1.807) is 12.5 Å². The summed E-state index contributed by atoms with van der Waals surface area (Å²) >= 11 is 0. The normalized spacial score (nSPS) is 14.0. The van der Waals surface area contributed by atoms with E-state index >= 15 is 0 Å². The summed E-state index contributed by atoms with van der Waals surface area (Å²) in [4.78, 5) is 32.0. The van der Waals surface area contributed by atoms with Crippen LogP contribution in [0.5, 0.6) is 0 Å². The summed E-state index contributed by atoms with van der Waals surface area (Å²) in [5.41, 5.74) is 4.20. The minimum Gasteiger partial charge on any atom is -0.309 e. The minimum absolute atomic E-state index is 0.0745. The molecule has 0 amide bonds. The summed E-state index contributed by atoms with van der Waals surface area (Å²) < 4.78 is 1.97. The van der Waals surface area contributed by atoms with E-state index in [0.29, 0.717) is 11.1 Å². The second-order valence-electron chi connectivity index (χ2n) is 8.16. The molecular formula is C24H23N3O2. The van der Waals surface area contributed by atoms with E-state index in [2.05, 4.69) is 42.2 Å². The first-order valence-corrected chi connectivity index (χ1v) is 10.1. The van der Waals surface area contributed by atoms with Crippen LogP contribution in [0, 0.1) is 0 Å². The first-order valence-electron chi connectivity index (χ1n) is 10.1. The number of hydrogen-bond acceptors (Lipinski definition) is 4. The lowest BCUT2D eigenvalue weighted by molar-refractivity contribution is 0.0890. The molecule has 0 saturated heterocycles. The number of hydrogen-bond donors (Lipinski definition) is 0. The van der Waals surface area contributed by atoms with Crippen LogP contribution in [0.15, 0.2) is 42.9 Å². The zero-order chi connectivity index (χ0) is 20.1. The molecule has 0 N–H and O–H groups in total. The van der Waals surface area contributed by atoms with Gasteiger partial charge in [-0.2, -0.15) is 0 Å². The van der Waals surface area contributed by atoms with Crippen molar-refractivity contribution < 1.29 is 9.59 Å². The summed E-state index contributed by atoms with van der Waals surface area (Å²) in [7, 11) is 4.18. The highest BCUT2D eigenvalue weighted by atomic mass is 16.1. The molecule has 0 aliphatic heterocycles. The van der Waals surface area contributed by atoms with Gasteiger partial charge in [-0.05, 0) is 62.3 Å². The number of benzene rings is 2. The van der Waals surface area contributed by atoms with Crippen LogP contribution >= 0.6 is 0 Å². The topological polar surface area (TPSA) is 54.7 Å². The van der Waals surface area contributed by atoms with Crippen LogP contribution in [0.3, 0.4) is 0 Å². The molecular weight excluding hydrogens is 362 g/mol. The molecule has 146 valence electrons. The maximum Gasteiger partial charge on any atom is 0.174 e. The number of fused-ring (bicyclic) bond motifs is 5. The number of aromatic nitrogens is 2. The van der Waals surface area contributed by atoms with Gasteiger partial charge in [0.15, 0.2) is 11.6 Å². The molecule has 2 aromatic carbocycles. The standard InChI is InChI=1S/C24H23N3O2/c1-26(2)10-6-5-8-16-11-15-7-3-4-9-17(15)21-22-20(29)12-19(28)18-13-25-14-27(23(16)21)24(18)22/h3-4,7,9,11,13-14H,5-6,8,10,12H2,1-2H3. The van der Waals surface area contributed by atoms with Crippen molar-refractivity contribution in [3.05, 3.63) is 59.5 Å². The third-order valence-corrected chi connectivity index (χ3v) is 5.91. The van der Waals surface area contributed by atoms with Crippen LogP contribution < -0.4 is 0 Å². The Hall–Kier alpha value is -3.05. The summed E-state index contributed by atoms with van der Waals surface area (Å²) in [5, 5.41) is 3.17. The van der Waals surface area contributed by atoms with Crippen molar-refractivity contribution in [1.29, 1.82) is 0 Å². The number of rotatable bonds is 5. The van der Waals surface area contributed by atoms with Crippen molar-refractivity contribution in [2.75, 3.05) is 20.6 Å². The molecule has 0 saturated carbocycles. The fraction of sp³-hybridized carbons (Fsp3) is 0.292. The van der Waals surface area contributed by atoms with Crippen molar-refractivity contribution in [2.24, 2.45) is 0 Å². The summed E-state index contributed by atoms with van der Waals surface area (Å²) in [6.45, 7) is 1.05. The molecule has 2 heterocycles. The van der Waals surface area contributed by atoms with Gasteiger partial charge in [0, 0.05) is 11.6 Å². The molecule has 0 bridgehead atoms. The lowest BCUT2D eigenvalue weighted by atomic mass is 9.90. The summed E-state index contributed by atoms with van der Waals surface area (Å²) in [6, 6.07) is 10.4. The highest BCUT2D eigenvalue weighted by Gasteiger charge is 2.31. The lowest BCUT2D eigenvalue weighted by Crippen LogP contribution is -2.16. The molecule has 4 aromatic rings. The summed E-state index contributed by atoms with van der Waals surface area (Å²) in [6.07, 6.45) is 6.37. The van der Waals surface area contributed by atoms with Crippen molar-refractivity contribution in [2.45, 2.75) is 25.7 Å². The van der Waals surface area contributed by atoms with E-state index < -0.39 is 0 Å². The van der Waals surface area contributed by atoms with Crippen LogP contribution in [0.4, 0.5) is 0 Å². The zero-order valence-electron chi connectivity index (χ0n) is 16.7. The second-order valence-corrected chi connectivity index (χ2v) is 8.16. The maximum absolute atomic E-state index is 13.0. The second kappa shape index (κ2) is 6.78. The van der Waals surface area contributed by atoms with E-state index in [0.717, 1.165) is 53.0 Å². The predicted octanol–water partition coefficient (Wildman–Crippen LogP) is 4.29. The highest BCUT2D eigenvalue weighted by molar-refractivity contribution is 6.32. The van der Waals surface area contributed by atoms with Gasteiger partial charge in [0.05, 0.1) is 34.9 Å². The van der Waals surface area contributed by atoms with Gasteiger partial charge in [0.2, 0.25) is 0 Å². The Balaban J connectivity index is 1.83. The molecule has 0 radical (unpaired) electrons.